The van der Waals surface area contributed by atoms with Gasteiger partial charge in [0.15, 0.2) is 17.4 Å². The SMILES string of the molecule is Cc1cc(C2=C(O)C(=C=O)NN(C)C2=O)c(C)c2c1SCCC2(C)C. The van der Waals surface area contributed by atoms with Crippen molar-refractivity contribution < 1.29 is 14.7 Å². The smallest absolute Gasteiger partial charge is 0.276 e. The average molecular weight is 358 g/mol. The number of nitrogens with one attached hydrogen (secondary N) is 1. The number of thioether (sulfide) groups is 1. The first-order valence-corrected chi connectivity index (χ1v) is 9.19. The summed E-state index contributed by atoms with van der Waals surface area (Å²) in [5, 5.41) is 11.7. The maximum Gasteiger partial charge on any atom is 0.276 e. The molecule has 2 heterocycles. The van der Waals surface area contributed by atoms with Crippen molar-refractivity contribution in [2.24, 2.45) is 0 Å². The van der Waals surface area contributed by atoms with Crippen molar-refractivity contribution >= 4 is 29.2 Å². The first kappa shape index (κ1) is 17.6. The summed E-state index contributed by atoms with van der Waals surface area (Å²) < 4.78 is 0. The fraction of sp³-hybridized carbons (Fsp3) is 0.421. The molecule has 0 saturated heterocycles. The Morgan fingerprint density at radius 2 is 2.04 bits per heavy atom. The summed E-state index contributed by atoms with van der Waals surface area (Å²) in [5.41, 5.74) is 6.52. The summed E-state index contributed by atoms with van der Waals surface area (Å²) in [6, 6.07) is 1.94. The third kappa shape index (κ3) is 2.66. The minimum absolute atomic E-state index is 0.00713. The number of carbonyl (C=O) groups is 1. The van der Waals surface area contributed by atoms with Crippen LogP contribution in [0.25, 0.3) is 5.57 Å². The molecule has 0 bridgehead atoms. The van der Waals surface area contributed by atoms with Gasteiger partial charge in [0.05, 0.1) is 5.57 Å². The van der Waals surface area contributed by atoms with Gasteiger partial charge in [-0.1, -0.05) is 13.8 Å². The van der Waals surface area contributed by atoms with Crippen molar-refractivity contribution in [3.8, 4) is 0 Å². The molecule has 0 unspecified atom stereocenters. The molecule has 25 heavy (non-hydrogen) atoms. The number of aryl methyl sites for hydroxylation is 1. The van der Waals surface area contributed by atoms with Crippen LogP contribution in [0.1, 0.15) is 42.5 Å². The van der Waals surface area contributed by atoms with E-state index >= 15 is 0 Å². The lowest BCUT2D eigenvalue weighted by Crippen LogP contribution is -2.44. The Balaban J connectivity index is 2.34. The Bertz CT molecular complexity index is 864. The number of carbonyl (C=O) groups excluding carboxylic acids is 2. The number of rotatable bonds is 1. The number of hydrogen-bond acceptors (Lipinski definition) is 5. The Kier molecular flexibility index (Phi) is 4.21. The van der Waals surface area contributed by atoms with E-state index < -0.39 is 0 Å². The predicted octanol–water partition coefficient (Wildman–Crippen LogP) is 3.04. The Labute approximate surface area is 151 Å². The highest BCUT2D eigenvalue weighted by Gasteiger charge is 2.36. The van der Waals surface area contributed by atoms with Crippen LogP contribution in [0.2, 0.25) is 0 Å². The molecule has 0 radical (unpaired) electrons. The van der Waals surface area contributed by atoms with E-state index in [2.05, 4.69) is 19.3 Å². The fourth-order valence-corrected chi connectivity index (χ4v) is 5.34. The number of nitrogens with zero attached hydrogens (tertiary/aromatic N) is 1. The van der Waals surface area contributed by atoms with Crippen LogP contribution in [0.4, 0.5) is 0 Å². The second-order valence-corrected chi connectivity index (χ2v) is 8.33. The van der Waals surface area contributed by atoms with Crippen molar-refractivity contribution in [3.63, 3.8) is 0 Å². The molecule has 0 atom stereocenters. The van der Waals surface area contributed by atoms with Crippen LogP contribution < -0.4 is 5.43 Å². The maximum atomic E-state index is 12.7. The van der Waals surface area contributed by atoms with Gasteiger partial charge in [0.2, 0.25) is 0 Å². The molecule has 2 aliphatic heterocycles. The Morgan fingerprint density at radius 1 is 1.36 bits per heavy atom. The summed E-state index contributed by atoms with van der Waals surface area (Å²) in [4.78, 5) is 25.1. The molecule has 1 aromatic carbocycles. The summed E-state index contributed by atoms with van der Waals surface area (Å²) >= 11 is 1.84. The van der Waals surface area contributed by atoms with Gasteiger partial charge in [-0.3, -0.25) is 15.2 Å². The van der Waals surface area contributed by atoms with Gasteiger partial charge in [-0.05, 0) is 59.8 Å². The van der Waals surface area contributed by atoms with Gasteiger partial charge in [0.1, 0.15) is 0 Å². The van der Waals surface area contributed by atoms with Gasteiger partial charge in [0, 0.05) is 11.9 Å². The molecular formula is C19H22N2O3S. The molecule has 1 aromatic rings. The van der Waals surface area contributed by atoms with E-state index in [0.717, 1.165) is 23.3 Å². The third-order valence-corrected chi connectivity index (χ3v) is 6.24. The highest BCUT2D eigenvalue weighted by molar-refractivity contribution is 7.99. The van der Waals surface area contributed by atoms with Crippen LogP contribution in [0.3, 0.4) is 0 Å². The number of fused-ring (bicyclic) bond motifs is 1. The first-order valence-electron chi connectivity index (χ1n) is 8.20. The number of likely N-dealkylation sites (N-methyl/N-ethyl adjacent to an activating group) is 1. The Morgan fingerprint density at radius 3 is 2.68 bits per heavy atom. The minimum atomic E-state index is -0.375. The van der Waals surface area contributed by atoms with Crippen LogP contribution in [-0.4, -0.2) is 34.8 Å². The molecule has 0 aliphatic carbocycles. The van der Waals surface area contributed by atoms with E-state index in [0.29, 0.717) is 5.56 Å². The quantitative estimate of drug-likeness (QED) is 0.755. The van der Waals surface area contributed by atoms with E-state index in [4.69, 9.17) is 0 Å². The molecule has 6 heteroatoms. The molecule has 132 valence electrons. The van der Waals surface area contributed by atoms with Crippen molar-refractivity contribution in [1.82, 2.24) is 10.4 Å². The molecule has 0 aromatic heterocycles. The lowest BCUT2D eigenvalue weighted by atomic mass is 9.76. The van der Waals surface area contributed by atoms with E-state index in [-0.39, 0.29) is 28.4 Å². The lowest BCUT2D eigenvalue weighted by molar-refractivity contribution is -0.126. The average Bonchev–Trinajstić information content (AvgIpc) is 2.54. The maximum absolute atomic E-state index is 12.7. The first-order chi connectivity index (χ1) is 11.7. The molecule has 0 saturated carbocycles. The van der Waals surface area contributed by atoms with Gasteiger partial charge < -0.3 is 5.11 Å². The topological polar surface area (TPSA) is 69.6 Å². The molecule has 2 aliphatic rings. The number of hydrazine groups is 1. The van der Waals surface area contributed by atoms with Crippen LogP contribution in [-0.2, 0) is 15.0 Å². The molecule has 0 spiro atoms. The van der Waals surface area contributed by atoms with Gasteiger partial charge >= 0.3 is 0 Å². The van der Waals surface area contributed by atoms with E-state index in [9.17, 15) is 14.7 Å². The molecule has 2 N–H and O–H groups in total. The summed E-state index contributed by atoms with van der Waals surface area (Å²) in [5.74, 6) is 2.01. The zero-order valence-corrected chi connectivity index (χ0v) is 15.9. The fourth-order valence-electron chi connectivity index (χ4n) is 3.67. The van der Waals surface area contributed by atoms with Gasteiger partial charge in [-0.2, -0.15) is 0 Å². The monoisotopic (exact) mass is 358 g/mol. The van der Waals surface area contributed by atoms with Gasteiger partial charge in [-0.25, -0.2) is 4.79 Å². The Hall–Kier alpha value is -2.17. The number of amides is 1. The lowest BCUT2D eigenvalue weighted by Gasteiger charge is -2.36. The summed E-state index contributed by atoms with van der Waals surface area (Å²) in [7, 11) is 1.52. The van der Waals surface area contributed by atoms with Crippen molar-refractivity contribution in [3.05, 3.63) is 39.8 Å². The molecule has 0 fully saturated rings. The number of benzene rings is 1. The molecule has 3 rings (SSSR count). The molecular weight excluding hydrogens is 336 g/mol. The number of aliphatic hydroxyl groups is 1. The molecule has 1 amide bonds. The normalized spacial score (nSPS) is 19.5. The van der Waals surface area contributed by atoms with Crippen LogP contribution in [0.5, 0.6) is 0 Å². The summed E-state index contributed by atoms with van der Waals surface area (Å²) in [6.45, 7) is 8.44. The number of hydrogen-bond donors (Lipinski definition) is 2. The number of aliphatic hydroxyl groups excluding tert-OH is 1. The standard InChI is InChI=1S/C19H22N2O3S/c1-10-8-12(11(2)15-17(10)25-7-6-19(15,3)4)14-16(23)13(9-22)20-21(5)18(14)24/h8,20,23H,6-7H2,1-5H3. The second-order valence-electron chi connectivity index (χ2n) is 7.23. The highest BCUT2D eigenvalue weighted by atomic mass is 32.2. The second kappa shape index (κ2) is 5.97. The van der Waals surface area contributed by atoms with E-state index in [1.54, 1.807) is 5.94 Å². The van der Waals surface area contributed by atoms with Crippen molar-refractivity contribution in [2.75, 3.05) is 12.8 Å². The van der Waals surface area contributed by atoms with Crippen LogP contribution in [0.15, 0.2) is 22.4 Å². The predicted molar refractivity (Wildman–Crippen MR) is 98.9 cm³/mol. The van der Waals surface area contributed by atoms with E-state index in [1.807, 2.05) is 31.7 Å². The zero-order valence-electron chi connectivity index (χ0n) is 15.1. The zero-order chi connectivity index (χ0) is 18.5. The third-order valence-electron chi connectivity index (χ3n) is 5.02. The van der Waals surface area contributed by atoms with Crippen LogP contribution in [0, 0.1) is 13.8 Å². The van der Waals surface area contributed by atoms with E-state index in [1.165, 1.54) is 22.5 Å². The van der Waals surface area contributed by atoms with Gasteiger partial charge in [-0.15, -0.1) is 11.8 Å². The van der Waals surface area contributed by atoms with Gasteiger partial charge in [0.25, 0.3) is 5.91 Å². The van der Waals surface area contributed by atoms with Crippen molar-refractivity contribution in [2.45, 2.75) is 44.4 Å². The van der Waals surface area contributed by atoms with Crippen LogP contribution >= 0.6 is 11.8 Å². The van der Waals surface area contributed by atoms with Crippen molar-refractivity contribution in [1.29, 1.82) is 0 Å². The molecule has 5 nitrogen and oxygen atoms in total. The summed E-state index contributed by atoms with van der Waals surface area (Å²) in [6.07, 6.45) is 1.05. The highest BCUT2D eigenvalue weighted by Crippen LogP contribution is 2.47. The largest absolute Gasteiger partial charge is 0.504 e. The minimum Gasteiger partial charge on any atom is -0.504 e.